The van der Waals surface area contributed by atoms with Crippen molar-refractivity contribution in [1.29, 1.82) is 0 Å². The van der Waals surface area contributed by atoms with E-state index in [-0.39, 0.29) is 5.92 Å². The van der Waals surface area contributed by atoms with Crippen molar-refractivity contribution in [1.82, 2.24) is 0 Å². The Morgan fingerprint density at radius 3 is 2.40 bits per heavy atom. The standard InChI is InChI=1S/C13H19ClO/c1-5-13(15,9(2)3)11-7-6-10(4)12(14)8-11/h6-9,15H,5H2,1-4H3. The monoisotopic (exact) mass is 226 g/mol. The zero-order chi connectivity index (χ0) is 11.6. The maximum Gasteiger partial charge on any atom is 0.0917 e. The van der Waals surface area contributed by atoms with Crippen molar-refractivity contribution in [3.63, 3.8) is 0 Å². The first-order valence-electron chi connectivity index (χ1n) is 5.40. The summed E-state index contributed by atoms with van der Waals surface area (Å²) < 4.78 is 0. The highest BCUT2D eigenvalue weighted by Crippen LogP contribution is 2.34. The molecule has 0 aliphatic heterocycles. The van der Waals surface area contributed by atoms with E-state index >= 15 is 0 Å². The maximum atomic E-state index is 10.5. The van der Waals surface area contributed by atoms with Crippen LogP contribution in [0.25, 0.3) is 0 Å². The van der Waals surface area contributed by atoms with Crippen molar-refractivity contribution in [2.24, 2.45) is 5.92 Å². The predicted octanol–water partition coefficient (Wildman–Crippen LogP) is 3.90. The average Bonchev–Trinajstić information content (AvgIpc) is 2.20. The summed E-state index contributed by atoms with van der Waals surface area (Å²) >= 11 is 6.07. The summed E-state index contributed by atoms with van der Waals surface area (Å²) in [5, 5.41) is 11.2. The fraction of sp³-hybridized carbons (Fsp3) is 0.538. The van der Waals surface area contributed by atoms with Crippen LogP contribution in [0.1, 0.15) is 38.3 Å². The van der Waals surface area contributed by atoms with Crippen molar-refractivity contribution in [3.8, 4) is 0 Å². The van der Waals surface area contributed by atoms with Gasteiger partial charge in [-0.1, -0.05) is 44.5 Å². The molecule has 0 heterocycles. The Kier molecular flexibility index (Phi) is 3.80. The highest BCUT2D eigenvalue weighted by molar-refractivity contribution is 6.31. The fourth-order valence-electron chi connectivity index (χ4n) is 1.81. The van der Waals surface area contributed by atoms with Gasteiger partial charge in [0.05, 0.1) is 5.60 Å². The van der Waals surface area contributed by atoms with Crippen LogP contribution in [0.5, 0.6) is 0 Å². The lowest BCUT2D eigenvalue weighted by Crippen LogP contribution is -2.31. The zero-order valence-corrected chi connectivity index (χ0v) is 10.6. The van der Waals surface area contributed by atoms with Gasteiger partial charge in [0.2, 0.25) is 0 Å². The molecular weight excluding hydrogens is 208 g/mol. The summed E-state index contributed by atoms with van der Waals surface area (Å²) in [6.45, 7) is 8.01. The first kappa shape index (κ1) is 12.5. The lowest BCUT2D eigenvalue weighted by Gasteiger charge is -2.32. The summed E-state index contributed by atoms with van der Waals surface area (Å²) in [7, 11) is 0. The summed E-state index contributed by atoms with van der Waals surface area (Å²) in [6, 6.07) is 5.80. The maximum absolute atomic E-state index is 10.5. The van der Waals surface area contributed by atoms with E-state index in [1.165, 1.54) is 0 Å². The van der Waals surface area contributed by atoms with Crippen LogP contribution in [0, 0.1) is 12.8 Å². The van der Waals surface area contributed by atoms with Gasteiger partial charge in [-0.15, -0.1) is 0 Å². The lowest BCUT2D eigenvalue weighted by molar-refractivity contribution is -0.0140. The van der Waals surface area contributed by atoms with Crippen molar-refractivity contribution in [2.45, 2.75) is 39.7 Å². The van der Waals surface area contributed by atoms with E-state index in [9.17, 15) is 5.11 Å². The van der Waals surface area contributed by atoms with Gasteiger partial charge in [-0.3, -0.25) is 0 Å². The second kappa shape index (κ2) is 4.54. The molecule has 15 heavy (non-hydrogen) atoms. The fourth-order valence-corrected chi connectivity index (χ4v) is 1.99. The molecular formula is C13H19ClO. The van der Waals surface area contributed by atoms with Crippen LogP contribution in [-0.4, -0.2) is 5.11 Å². The molecule has 0 bridgehead atoms. The van der Waals surface area contributed by atoms with Crippen LogP contribution in [0.2, 0.25) is 5.02 Å². The van der Waals surface area contributed by atoms with Crippen molar-refractivity contribution < 1.29 is 5.11 Å². The Morgan fingerprint density at radius 1 is 1.40 bits per heavy atom. The molecule has 0 aromatic heterocycles. The number of aryl methyl sites for hydroxylation is 1. The van der Waals surface area contributed by atoms with Gasteiger partial charge in [0.15, 0.2) is 0 Å². The van der Waals surface area contributed by atoms with Gasteiger partial charge < -0.3 is 5.11 Å². The Balaban J connectivity index is 3.19. The minimum absolute atomic E-state index is 0.182. The van der Waals surface area contributed by atoms with Crippen LogP contribution < -0.4 is 0 Å². The molecule has 1 unspecified atom stereocenters. The van der Waals surface area contributed by atoms with Gasteiger partial charge in [-0.2, -0.15) is 0 Å². The molecule has 1 N–H and O–H groups in total. The highest BCUT2D eigenvalue weighted by Gasteiger charge is 2.31. The Hall–Kier alpha value is -0.530. The lowest BCUT2D eigenvalue weighted by atomic mass is 9.81. The molecule has 0 saturated carbocycles. The van der Waals surface area contributed by atoms with Gasteiger partial charge in [-0.05, 0) is 36.5 Å². The Bertz CT molecular complexity index is 346. The van der Waals surface area contributed by atoms with E-state index in [1.807, 2.05) is 45.9 Å². The van der Waals surface area contributed by atoms with Crippen LogP contribution in [-0.2, 0) is 5.60 Å². The minimum Gasteiger partial charge on any atom is -0.385 e. The van der Waals surface area contributed by atoms with Gasteiger partial charge in [-0.25, -0.2) is 0 Å². The molecule has 0 fully saturated rings. The molecule has 1 rings (SSSR count). The number of halogens is 1. The molecule has 1 aromatic carbocycles. The molecule has 0 radical (unpaired) electrons. The first-order valence-corrected chi connectivity index (χ1v) is 5.78. The van der Waals surface area contributed by atoms with Gasteiger partial charge in [0.1, 0.15) is 0 Å². The van der Waals surface area contributed by atoms with Crippen molar-refractivity contribution in [3.05, 3.63) is 34.3 Å². The van der Waals surface area contributed by atoms with Crippen LogP contribution >= 0.6 is 11.6 Å². The second-order valence-corrected chi connectivity index (χ2v) is 4.80. The third-order valence-electron chi connectivity index (χ3n) is 3.17. The topological polar surface area (TPSA) is 20.2 Å². The summed E-state index contributed by atoms with van der Waals surface area (Å²) in [4.78, 5) is 0. The van der Waals surface area contributed by atoms with Gasteiger partial charge in [0, 0.05) is 5.02 Å². The Labute approximate surface area is 97.1 Å². The molecule has 1 nitrogen and oxygen atoms in total. The largest absolute Gasteiger partial charge is 0.385 e. The number of hydrogen-bond acceptors (Lipinski definition) is 1. The van der Waals surface area contributed by atoms with E-state index in [0.717, 1.165) is 16.1 Å². The number of benzene rings is 1. The summed E-state index contributed by atoms with van der Waals surface area (Å²) in [5.41, 5.74) is 1.19. The molecule has 0 amide bonds. The molecule has 0 aliphatic rings. The predicted molar refractivity (Wildman–Crippen MR) is 65.2 cm³/mol. The van der Waals surface area contributed by atoms with E-state index in [4.69, 9.17) is 11.6 Å². The van der Waals surface area contributed by atoms with E-state index in [1.54, 1.807) is 0 Å². The van der Waals surface area contributed by atoms with E-state index < -0.39 is 5.60 Å². The third-order valence-corrected chi connectivity index (χ3v) is 3.57. The van der Waals surface area contributed by atoms with E-state index in [0.29, 0.717) is 6.42 Å². The van der Waals surface area contributed by atoms with Gasteiger partial charge in [0.25, 0.3) is 0 Å². The summed E-state index contributed by atoms with van der Waals surface area (Å²) in [5.74, 6) is 0.182. The smallest absolute Gasteiger partial charge is 0.0917 e. The normalized spacial score (nSPS) is 15.4. The number of rotatable bonds is 3. The quantitative estimate of drug-likeness (QED) is 0.829. The van der Waals surface area contributed by atoms with Crippen LogP contribution in [0.4, 0.5) is 0 Å². The minimum atomic E-state index is -0.767. The number of aliphatic hydroxyl groups is 1. The molecule has 0 saturated heterocycles. The number of hydrogen-bond donors (Lipinski definition) is 1. The molecule has 0 aliphatic carbocycles. The van der Waals surface area contributed by atoms with Crippen LogP contribution in [0.3, 0.4) is 0 Å². The molecule has 84 valence electrons. The molecule has 2 heteroatoms. The van der Waals surface area contributed by atoms with Crippen LogP contribution in [0.15, 0.2) is 18.2 Å². The molecule has 1 atom stereocenters. The molecule has 1 aromatic rings. The van der Waals surface area contributed by atoms with Crippen molar-refractivity contribution in [2.75, 3.05) is 0 Å². The highest BCUT2D eigenvalue weighted by atomic mass is 35.5. The van der Waals surface area contributed by atoms with E-state index in [2.05, 4.69) is 0 Å². The Morgan fingerprint density at radius 2 is 2.00 bits per heavy atom. The summed E-state index contributed by atoms with van der Waals surface area (Å²) in [6.07, 6.45) is 0.698. The third kappa shape index (κ3) is 2.35. The zero-order valence-electron chi connectivity index (χ0n) is 9.84. The SMILES string of the molecule is CCC(O)(c1ccc(C)c(Cl)c1)C(C)C. The first-order chi connectivity index (χ1) is 6.91. The average molecular weight is 227 g/mol. The second-order valence-electron chi connectivity index (χ2n) is 4.40. The van der Waals surface area contributed by atoms with Gasteiger partial charge >= 0.3 is 0 Å². The molecule has 0 spiro atoms. The van der Waals surface area contributed by atoms with Crippen molar-refractivity contribution >= 4 is 11.6 Å².